The first-order valence-corrected chi connectivity index (χ1v) is 10.8. The molecule has 0 saturated carbocycles. The molecule has 0 aliphatic carbocycles. The van der Waals surface area contributed by atoms with Crippen LogP contribution in [0.3, 0.4) is 0 Å². The smallest absolute Gasteiger partial charge is 0.320 e. The van der Waals surface area contributed by atoms with Crippen LogP contribution < -0.4 is 14.8 Å². The summed E-state index contributed by atoms with van der Waals surface area (Å²) in [6, 6.07) is 9.12. The van der Waals surface area contributed by atoms with Crippen LogP contribution in [0.15, 0.2) is 40.9 Å². The highest BCUT2D eigenvalue weighted by molar-refractivity contribution is 9.10. The number of non-ortho nitro benzene ring substituents is 1. The summed E-state index contributed by atoms with van der Waals surface area (Å²) in [5, 5.41) is 23.3. The zero-order valence-electron chi connectivity index (χ0n) is 17.8. The average Bonchev–Trinajstić information content (AvgIpc) is 2.71. The molecule has 31 heavy (non-hydrogen) atoms. The van der Waals surface area contributed by atoms with Crippen LogP contribution in [0.2, 0.25) is 0 Å². The molecule has 168 valence electrons. The normalized spacial score (nSPS) is 11.9. The molecule has 0 amide bonds. The number of benzene rings is 2. The number of hydrogen-bond donors (Lipinski definition) is 2. The standard InChI is InChI=1S/C22H27BrN2O6/c1-4-30-20-10-16(12-24-19(22(26)27)9-14(2)3)18(23)11-21(20)31-13-15-5-7-17(8-6-15)25(28)29/h5-8,10-11,14,19,24H,4,9,12-13H2,1-3H3,(H,26,27). The zero-order chi connectivity index (χ0) is 23.0. The molecule has 1 unspecified atom stereocenters. The van der Waals surface area contributed by atoms with Gasteiger partial charge in [0.1, 0.15) is 12.6 Å². The minimum Gasteiger partial charge on any atom is -0.490 e. The van der Waals surface area contributed by atoms with Gasteiger partial charge in [-0.25, -0.2) is 0 Å². The van der Waals surface area contributed by atoms with Crippen LogP contribution in [0.1, 0.15) is 38.3 Å². The molecule has 0 heterocycles. The van der Waals surface area contributed by atoms with E-state index < -0.39 is 16.9 Å². The van der Waals surface area contributed by atoms with Crippen LogP contribution in [-0.2, 0) is 17.9 Å². The van der Waals surface area contributed by atoms with Crippen LogP contribution in [0.5, 0.6) is 11.5 Å². The van der Waals surface area contributed by atoms with Crippen molar-refractivity contribution in [3.63, 3.8) is 0 Å². The SMILES string of the molecule is CCOc1cc(CNC(CC(C)C)C(=O)O)c(Br)cc1OCc1ccc([N+](=O)[O-])cc1. The largest absolute Gasteiger partial charge is 0.490 e. The van der Waals surface area contributed by atoms with E-state index in [2.05, 4.69) is 21.2 Å². The lowest BCUT2D eigenvalue weighted by atomic mass is 10.0. The van der Waals surface area contributed by atoms with Gasteiger partial charge >= 0.3 is 5.97 Å². The van der Waals surface area contributed by atoms with E-state index in [4.69, 9.17) is 9.47 Å². The van der Waals surface area contributed by atoms with Gasteiger partial charge in [0.25, 0.3) is 5.69 Å². The molecule has 1 atom stereocenters. The Morgan fingerprint density at radius 1 is 1.19 bits per heavy atom. The molecule has 0 radical (unpaired) electrons. The van der Waals surface area contributed by atoms with Gasteiger partial charge in [-0.05, 0) is 54.7 Å². The van der Waals surface area contributed by atoms with Crippen molar-refractivity contribution in [3.05, 3.63) is 62.1 Å². The van der Waals surface area contributed by atoms with Gasteiger partial charge in [0.15, 0.2) is 11.5 Å². The van der Waals surface area contributed by atoms with Crippen LogP contribution >= 0.6 is 15.9 Å². The Labute approximate surface area is 189 Å². The Kier molecular flexibility index (Phi) is 9.26. The molecular formula is C22H27BrN2O6. The molecule has 0 aromatic heterocycles. The highest BCUT2D eigenvalue weighted by Gasteiger charge is 2.19. The fourth-order valence-corrected chi connectivity index (χ4v) is 3.41. The van der Waals surface area contributed by atoms with E-state index in [1.165, 1.54) is 12.1 Å². The first-order valence-electron chi connectivity index (χ1n) is 9.98. The summed E-state index contributed by atoms with van der Waals surface area (Å²) in [5.41, 5.74) is 1.66. The van der Waals surface area contributed by atoms with Crippen LogP contribution in [-0.4, -0.2) is 28.6 Å². The maximum Gasteiger partial charge on any atom is 0.320 e. The van der Waals surface area contributed by atoms with E-state index >= 15 is 0 Å². The summed E-state index contributed by atoms with van der Waals surface area (Å²) in [6.07, 6.45) is 0.529. The second-order valence-electron chi connectivity index (χ2n) is 7.44. The van der Waals surface area contributed by atoms with E-state index in [-0.39, 0.29) is 18.2 Å². The second-order valence-corrected chi connectivity index (χ2v) is 8.29. The van der Waals surface area contributed by atoms with Crippen molar-refractivity contribution >= 4 is 27.6 Å². The molecule has 2 aromatic rings. The Bertz CT molecular complexity index is 902. The number of halogens is 1. The molecule has 2 rings (SSSR count). The van der Waals surface area contributed by atoms with Crippen molar-refractivity contribution in [2.45, 2.75) is 46.4 Å². The van der Waals surface area contributed by atoms with Crippen molar-refractivity contribution in [3.8, 4) is 11.5 Å². The number of nitro groups is 1. The van der Waals surface area contributed by atoms with Crippen molar-refractivity contribution < 1.29 is 24.3 Å². The van der Waals surface area contributed by atoms with Crippen LogP contribution in [0.4, 0.5) is 5.69 Å². The molecule has 0 fully saturated rings. The third kappa shape index (κ3) is 7.52. The lowest BCUT2D eigenvalue weighted by molar-refractivity contribution is -0.384. The van der Waals surface area contributed by atoms with Crippen LogP contribution in [0.25, 0.3) is 0 Å². The molecule has 0 bridgehead atoms. The minimum absolute atomic E-state index is 0.0236. The van der Waals surface area contributed by atoms with E-state index in [9.17, 15) is 20.0 Å². The van der Waals surface area contributed by atoms with Gasteiger partial charge in [-0.1, -0.05) is 29.8 Å². The quantitative estimate of drug-likeness (QED) is 0.318. The minimum atomic E-state index is -0.877. The van der Waals surface area contributed by atoms with Gasteiger partial charge in [0, 0.05) is 23.2 Å². The third-order valence-corrected chi connectivity index (χ3v) is 5.24. The molecular weight excluding hydrogens is 468 g/mol. The number of carbonyl (C=O) groups is 1. The molecule has 2 aromatic carbocycles. The summed E-state index contributed by atoms with van der Waals surface area (Å²) >= 11 is 3.52. The Morgan fingerprint density at radius 2 is 1.84 bits per heavy atom. The van der Waals surface area contributed by atoms with Crippen molar-refractivity contribution in [1.29, 1.82) is 0 Å². The number of nitrogens with one attached hydrogen (secondary N) is 1. The topological polar surface area (TPSA) is 111 Å². The number of rotatable bonds is 12. The first-order chi connectivity index (χ1) is 14.7. The Morgan fingerprint density at radius 3 is 2.39 bits per heavy atom. The molecule has 9 heteroatoms. The second kappa shape index (κ2) is 11.7. The monoisotopic (exact) mass is 494 g/mol. The Hall–Kier alpha value is -2.65. The lowest BCUT2D eigenvalue weighted by Crippen LogP contribution is -2.37. The first kappa shape index (κ1) is 24.6. The third-order valence-electron chi connectivity index (χ3n) is 4.50. The molecule has 0 aliphatic rings. The predicted molar refractivity (Wildman–Crippen MR) is 120 cm³/mol. The maximum atomic E-state index is 11.5. The van der Waals surface area contributed by atoms with Crippen molar-refractivity contribution in [1.82, 2.24) is 5.32 Å². The highest BCUT2D eigenvalue weighted by atomic mass is 79.9. The van der Waals surface area contributed by atoms with Gasteiger partial charge in [0.05, 0.1) is 11.5 Å². The van der Waals surface area contributed by atoms with E-state index in [0.717, 1.165) is 15.6 Å². The van der Waals surface area contributed by atoms with Gasteiger partial charge < -0.3 is 19.9 Å². The fourth-order valence-electron chi connectivity index (χ4n) is 2.94. The number of carboxylic acids is 1. The number of nitro benzene ring substituents is 1. The van der Waals surface area contributed by atoms with Crippen molar-refractivity contribution in [2.24, 2.45) is 5.92 Å². The summed E-state index contributed by atoms with van der Waals surface area (Å²) in [6.45, 7) is 6.84. The van der Waals surface area contributed by atoms with Crippen molar-refractivity contribution in [2.75, 3.05) is 6.61 Å². The van der Waals surface area contributed by atoms with E-state index in [1.54, 1.807) is 18.2 Å². The summed E-state index contributed by atoms with van der Waals surface area (Å²) in [4.78, 5) is 21.8. The summed E-state index contributed by atoms with van der Waals surface area (Å²) in [5.74, 6) is 0.442. The van der Waals surface area contributed by atoms with E-state index in [0.29, 0.717) is 31.1 Å². The molecule has 8 nitrogen and oxygen atoms in total. The van der Waals surface area contributed by atoms with Gasteiger partial charge in [-0.15, -0.1) is 0 Å². The number of nitrogens with zero attached hydrogens (tertiary/aromatic N) is 1. The highest BCUT2D eigenvalue weighted by Crippen LogP contribution is 2.34. The molecule has 0 saturated heterocycles. The molecule has 2 N–H and O–H groups in total. The van der Waals surface area contributed by atoms with Gasteiger partial charge in [-0.2, -0.15) is 0 Å². The zero-order valence-corrected chi connectivity index (χ0v) is 19.3. The fraction of sp³-hybridized carbons (Fsp3) is 0.409. The van der Waals surface area contributed by atoms with Gasteiger partial charge in [-0.3, -0.25) is 14.9 Å². The summed E-state index contributed by atoms with van der Waals surface area (Å²) in [7, 11) is 0. The number of ether oxygens (including phenoxy) is 2. The molecule has 0 aliphatic heterocycles. The maximum absolute atomic E-state index is 11.5. The molecule has 0 spiro atoms. The summed E-state index contributed by atoms with van der Waals surface area (Å²) < 4.78 is 12.4. The number of hydrogen-bond acceptors (Lipinski definition) is 6. The lowest BCUT2D eigenvalue weighted by Gasteiger charge is -2.19. The average molecular weight is 495 g/mol. The predicted octanol–water partition coefficient (Wildman–Crippen LogP) is 4.92. The van der Waals surface area contributed by atoms with E-state index in [1.807, 2.05) is 26.8 Å². The number of aliphatic carboxylic acids is 1. The number of carboxylic acid groups (broad SMARTS) is 1. The van der Waals surface area contributed by atoms with Gasteiger partial charge in [0.2, 0.25) is 0 Å². The van der Waals surface area contributed by atoms with Crippen LogP contribution in [0, 0.1) is 16.0 Å². The Balaban J connectivity index is 2.13.